The molecule has 0 nitrogen and oxygen atoms in total. The van der Waals surface area contributed by atoms with Crippen molar-refractivity contribution in [3.8, 4) is 0 Å². The smallest absolute Gasteiger partial charge is 0.00744 e. The highest BCUT2D eigenvalue weighted by Crippen LogP contribution is 2.15. The molecule has 0 spiro atoms. The van der Waals surface area contributed by atoms with E-state index in [4.69, 9.17) is 11.6 Å². The third-order valence-corrected chi connectivity index (χ3v) is 1.59. The summed E-state index contributed by atoms with van der Waals surface area (Å²) in [5.41, 5.74) is 2.92. The summed E-state index contributed by atoms with van der Waals surface area (Å²) in [4.78, 5) is 0. The molecule has 0 fully saturated rings. The van der Waals surface area contributed by atoms with E-state index in [2.05, 4.69) is 12.2 Å². The molecule has 0 saturated heterocycles. The molecule has 8 heavy (non-hydrogen) atoms. The van der Waals surface area contributed by atoms with Gasteiger partial charge in [-0.25, -0.2) is 0 Å². The summed E-state index contributed by atoms with van der Waals surface area (Å²) in [5.74, 6) is 0. The van der Waals surface area contributed by atoms with E-state index in [1.807, 2.05) is 0 Å². The zero-order valence-electron chi connectivity index (χ0n) is 4.73. The fourth-order valence-electron chi connectivity index (χ4n) is 0.833. The maximum absolute atomic E-state index is 5.47. The molecular formula is C7H9Cl. The summed E-state index contributed by atoms with van der Waals surface area (Å²) in [6.45, 7) is 0. The van der Waals surface area contributed by atoms with E-state index in [9.17, 15) is 0 Å². The summed E-state index contributed by atoms with van der Waals surface area (Å²) < 4.78 is 0. The average molecular weight is 129 g/mol. The molecule has 0 saturated carbocycles. The molecule has 1 rings (SSSR count). The predicted octanol–water partition coefficient (Wildman–Crippen LogP) is 2.85. The molecule has 1 heteroatoms. The van der Waals surface area contributed by atoms with Gasteiger partial charge in [0.1, 0.15) is 0 Å². The third kappa shape index (κ3) is 1.38. The van der Waals surface area contributed by atoms with Gasteiger partial charge in [0.25, 0.3) is 0 Å². The summed E-state index contributed by atoms with van der Waals surface area (Å²) in [7, 11) is 0. The van der Waals surface area contributed by atoms with Gasteiger partial charge in [-0.3, -0.25) is 0 Å². The van der Waals surface area contributed by atoms with Crippen molar-refractivity contribution < 1.29 is 0 Å². The molecule has 0 aromatic carbocycles. The Labute approximate surface area is 54.8 Å². The summed E-state index contributed by atoms with van der Waals surface area (Å²) >= 11 is 5.47. The van der Waals surface area contributed by atoms with Crippen LogP contribution in [-0.4, -0.2) is 0 Å². The lowest BCUT2D eigenvalue weighted by Gasteiger charge is -2.03. The zero-order chi connectivity index (χ0) is 5.82. The van der Waals surface area contributed by atoms with Gasteiger partial charge in [0.2, 0.25) is 0 Å². The number of rotatable bonds is 0. The van der Waals surface area contributed by atoms with Gasteiger partial charge in [-0.1, -0.05) is 23.8 Å². The van der Waals surface area contributed by atoms with Crippen molar-refractivity contribution in [3.05, 3.63) is 23.3 Å². The van der Waals surface area contributed by atoms with Gasteiger partial charge in [-0.2, -0.15) is 0 Å². The molecule has 0 bridgehead atoms. The van der Waals surface area contributed by atoms with Crippen molar-refractivity contribution in [1.29, 1.82) is 0 Å². The normalized spacial score (nSPS) is 24.4. The largest absolute Gasteiger partial charge is 0.0927 e. The number of hydrogen-bond acceptors (Lipinski definition) is 0. The van der Waals surface area contributed by atoms with E-state index < -0.39 is 0 Å². The highest BCUT2D eigenvalue weighted by molar-refractivity contribution is 6.25. The van der Waals surface area contributed by atoms with Crippen LogP contribution in [0.4, 0.5) is 0 Å². The van der Waals surface area contributed by atoms with E-state index in [1.54, 1.807) is 5.54 Å². The lowest BCUT2D eigenvalue weighted by molar-refractivity contribution is 0.822. The Morgan fingerprint density at radius 3 is 2.88 bits per heavy atom. The van der Waals surface area contributed by atoms with E-state index >= 15 is 0 Å². The highest BCUT2D eigenvalue weighted by Gasteiger charge is 1.95. The van der Waals surface area contributed by atoms with Crippen molar-refractivity contribution in [2.24, 2.45) is 0 Å². The maximum Gasteiger partial charge on any atom is 0.00744 e. The van der Waals surface area contributed by atoms with Crippen LogP contribution < -0.4 is 0 Å². The van der Waals surface area contributed by atoms with Crippen molar-refractivity contribution in [2.75, 3.05) is 0 Å². The van der Waals surface area contributed by atoms with E-state index in [0.717, 1.165) is 6.42 Å². The molecule has 0 unspecified atom stereocenters. The fourth-order valence-corrected chi connectivity index (χ4v) is 1.01. The Balaban J connectivity index is 2.56. The summed E-state index contributed by atoms with van der Waals surface area (Å²) in [6.07, 6.45) is 7.89. The van der Waals surface area contributed by atoms with Crippen LogP contribution in [0.2, 0.25) is 0 Å². The Morgan fingerprint density at radius 1 is 1.62 bits per heavy atom. The van der Waals surface area contributed by atoms with E-state index in [-0.39, 0.29) is 0 Å². The SMILES string of the molecule is Cl/C=C1\C=CCCC1. The summed E-state index contributed by atoms with van der Waals surface area (Å²) in [5, 5.41) is 0. The van der Waals surface area contributed by atoms with Crippen molar-refractivity contribution in [3.63, 3.8) is 0 Å². The van der Waals surface area contributed by atoms with Crippen molar-refractivity contribution in [1.82, 2.24) is 0 Å². The Hall–Kier alpha value is -0.230. The molecule has 0 radical (unpaired) electrons. The second-order valence-electron chi connectivity index (χ2n) is 1.98. The third-order valence-electron chi connectivity index (χ3n) is 1.31. The second-order valence-corrected chi connectivity index (χ2v) is 2.20. The topological polar surface area (TPSA) is 0 Å². The fraction of sp³-hybridized carbons (Fsp3) is 0.429. The molecule has 0 amide bonds. The van der Waals surface area contributed by atoms with Crippen LogP contribution in [0.5, 0.6) is 0 Å². The molecule has 0 aliphatic heterocycles. The first-order valence-electron chi connectivity index (χ1n) is 2.89. The average Bonchev–Trinajstić information content (AvgIpc) is 1.90. The Bertz CT molecular complexity index is 122. The first kappa shape index (κ1) is 5.90. The quantitative estimate of drug-likeness (QED) is 0.471. The first-order chi connectivity index (χ1) is 3.93. The Kier molecular flexibility index (Phi) is 2.16. The van der Waals surface area contributed by atoms with Gasteiger partial charge in [0.05, 0.1) is 0 Å². The summed E-state index contributed by atoms with van der Waals surface area (Å²) in [6, 6.07) is 0. The molecule has 1 aliphatic carbocycles. The molecule has 1 aliphatic rings. The molecule has 0 N–H and O–H groups in total. The minimum absolute atomic E-state index is 1.15. The van der Waals surface area contributed by atoms with Crippen LogP contribution >= 0.6 is 11.6 Å². The molecule has 44 valence electrons. The number of allylic oxidation sites excluding steroid dienone is 3. The van der Waals surface area contributed by atoms with Gasteiger partial charge in [0.15, 0.2) is 0 Å². The van der Waals surface area contributed by atoms with Crippen LogP contribution in [-0.2, 0) is 0 Å². The van der Waals surface area contributed by atoms with E-state index in [1.165, 1.54) is 18.4 Å². The molecule has 0 aromatic heterocycles. The van der Waals surface area contributed by atoms with Crippen LogP contribution in [0.1, 0.15) is 19.3 Å². The van der Waals surface area contributed by atoms with Gasteiger partial charge in [-0.15, -0.1) is 0 Å². The van der Waals surface area contributed by atoms with Gasteiger partial charge in [-0.05, 0) is 24.8 Å². The second kappa shape index (κ2) is 2.93. The van der Waals surface area contributed by atoms with Crippen LogP contribution in [0.3, 0.4) is 0 Å². The predicted molar refractivity (Wildman–Crippen MR) is 36.9 cm³/mol. The Morgan fingerprint density at radius 2 is 2.50 bits per heavy atom. The van der Waals surface area contributed by atoms with Gasteiger partial charge < -0.3 is 0 Å². The van der Waals surface area contributed by atoms with E-state index in [0.29, 0.717) is 0 Å². The molecular weight excluding hydrogens is 120 g/mol. The van der Waals surface area contributed by atoms with Crippen LogP contribution in [0, 0.1) is 0 Å². The minimum Gasteiger partial charge on any atom is -0.0927 e. The lowest BCUT2D eigenvalue weighted by Crippen LogP contribution is -1.83. The minimum atomic E-state index is 1.15. The zero-order valence-corrected chi connectivity index (χ0v) is 5.49. The van der Waals surface area contributed by atoms with Crippen molar-refractivity contribution >= 4 is 11.6 Å². The van der Waals surface area contributed by atoms with Gasteiger partial charge >= 0.3 is 0 Å². The van der Waals surface area contributed by atoms with Crippen LogP contribution in [0.15, 0.2) is 23.3 Å². The lowest BCUT2D eigenvalue weighted by atomic mass is 10.0. The van der Waals surface area contributed by atoms with Crippen LogP contribution in [0.25, 0.3) is 0 Å². The molecule has 0 heterocycles. The highest BCUT2D eigenvalue weighted by atomic mass is 35.5. The first-order valence-corrected chi connectivity index (χ1v) is 3.33. The number of hydrogen-bond donors (Lipinski definition) is 0. The van der Waals surface area contributed by atoms with Crippen molar-refractivity contribution in [2.45, 2.75) is 19.3 Å². The standard InChI is InChI=1S/C7H9Cl/c8-6-7-4-2-1-3-5-7/h2,4,6H,1,3,5H2/b7-6+. The molecule has 0 aromatic rings. The maximum atomic E-state index is 5.47. The number of halogens is 1. The van der Waals surface area contributed by atoms with Gasteiger partial charge in [0, 0.05) is 5.54 Å². The molecule has 0 atom stereocenters. The monoisotopic (exact) mass is 128 g/mol.